The predicted octanol–water partition coefficient (Wildman–Crippen LogP) is 6.86. The number of esters is 2. The van der Waals surface area contributed by atoms with Crippen molar-refractivity contribution < 1.29 is 29.3 Å². The first kappa shape index (κ1) is 32.5. The molecular weight excluding hydrogens is 516 g/mol. The third-order valence-corrected chi connectivity index (χ3v) is 12.1. The zero-order valence-electron chi connectivity index (χ0n) is 26.7. The van der Waals surface area contributed by atoms with Crippen molar-refractivity contribution in [3.05, 3.63) is 11.6 Å². The Morgan fingerprint density at radius 3 is 2.44 bits per heavy atom. The van der Waals surface area contributed by atoms with E-state index < -0.39 is 18.7 Å². The molecule has 2 N–H and O–H groups in total. The van der Waals surface area contributed by atoms with Crippen LogP contribution < -0.4 is 0 Å². The summed E-state index contributed by atoms with van der Waals surface area (Å²) in [6.07, 6.45) is 13.5. The molecule has 0 aliphatic heterocycles. The minimum atomic E-state index is -1.09. The highest BCUT2D eigenvalue weighted by Crippen LogP contribution is 2.68. The van der Waals surface area contributed by atoms with E-state index >= 15 is 0 Å². The van der Waals surface area contributed by atoms with Crippen molar-refractivity contribution >= 4 is 11.9 Å². The summed E-state index contributed by atoms with van der Waals surface area (Å²) in [7, 11) is 0. The number of carbonyl (C=O) groups excluding carboxylic acids is 2. The van der Waals surface area contributed by atoms with Gasteiger partial charge in [-0.3, -0.25) is 9.59 Å². The second-order valence-corrected chi connectivity index (χ2v) is 15.2. The molecule has 10 unspecified atom stereocenters. The van der Waals surface area contributed by atoms with Gasteiger partial charge >= 0.3 is 11.9 Å². The van der Waals surface area contributed by atoms with Gasteiger partial charge in [-0.15, -0.1) is 0 Å². The lowest BCUT2D eigenvalue weighted by atomic mass is 9.45. The Kier molecular flexibility index (Phi) is 10.7. The van der Waals surface area contributed by atoms with Crippen LogP contribution in [0.2, 0.25) is 0 Å². The molecule has 4 rings (SSSR count). The summed E-state index contributed by atoms with van der Waals surface area (Å²) >= 11 is 0. The number of hydrogen-bond acceptors (Lipinski definition) is 6. The summed E-state index contributed by atoms with van der Waals surface area (Å²) in [5.74, 6) is 4.39. The molecule has 0 amide bonds. The normalized spacial score (nSPS) is 37.8. The topological polar surface area (TPSA) is 93.1 Å². The molecule has 0 saturated heterocycles. The standard InChI is InChI=1S/C35H58O6/c1-22(2)8-7-9-23(3)28-10-11-29-33-24(4)18-25-19-27(14-16-34(25,5)30(33)15-17-35(28,29)6)41-32(39)13-12-31(38)40-21-26(37)20-36/h18,22-24,26-30,33,36-37H,7-17,19-21H2,1-6H3. The van der Waals surface area contributed by atoms with Gasteiger partial charge in [-0.05, 0) is 90.8 Å². The van der Waals surface area contributed by atoms with Crippen LogP contribution in [-0.4, -0.2) is 47.6 Å². The van der Waals surface area contributed by atoms with Crippen LogP contribution in [0, 0.1) is 52.3 Å². The zero-order valence-corrected chi connectivity index (χ0v) is 26.7. The number of allylic oxidation sites excluding steroid dienone is 1. The highest BCUT2D eigenvalue weighted by Gasteiger charge is 2.60. The fourth-order valence-electron chi connectivity index (χ4n) is 9.87. The van der Waals surface area contributed by atoms with Crippen LogP contribution in [-0.2, 0) is 19.1 Å². The van der Waals surface area contributed by atoms with Crippen molar-refractivity contribution in [3.63, 3.8) is 0 Å². The number of carbonyl (C=O) groups is 2. The van der Waals surface area contributed by atoms with E-state index in [9.17, 15) is 14.7 Å². The number of rotatable bonds is 12. The Morgan fingerprint density at radius 1 is 1.00 bits per heavy atom. The van der Waals surface area contributed by atoms with Crippen LogP contribution in [0.25, 0.3) is 0 Å². The van der Waals surface area contributed by atoms with Crippen LogP contribution in [0.15, 0.2) is 11.6 Å². The second kappa shape index (κ2) is 13.5. The lowest BCUT2D eigenvalue weighted by molar-refractivity contribution is -0.156. The summed E-state index contributed by atoms with van der Waals surface area (Å²) < 4.78 is 10.7. The minimum Gasteiger partial charge on any atom is -0.463 e. The summed E-state index contributed by atoms with van der Waals surface area (Å²) in [6, 6.07) is 0. The smallest absolute Gasteiger partial charge is 0.306 e. The molecule has 6 nitrogen and oxygen atoms in total. The molecule has 0 aromatic heterocycles. The molecule has 0 aromatic rings. The van der Waals surface area contributed by atoms with E-state index in [2.05, 4.69) is 47.6 Å². The molecule has 0 heterocycles. The zero-order chi connectivity index (χ0) is 29.9. The van der Waals surface area contributed by atoms with E-state index in [-0.39, 0.29) is 36.9 Å². The molecule has 4 aliphatic rings. The molecule has 0 aromatic carbocycles. The van der Waals surface area contributed by atoms with E-state index in [1.165, 1.54) is 50.5 Å². The van der Waals surface area contributed by atoms with Crippen molar-refractivity contribution in [2.75, 3.05) is 13.2 Å². The monoisotopic (exact) mass is 574 g/mol. The van der Waals surface area contributed by atoms with Crippen LogP contribution in [0.3, 0.4) is 0 Å². The first-order chi connectivity index (χ1) is 19.4. The van der Waals surface area contributed by atoms with Crippen LogP contribution in [0.4, 0.5) is 0 Å². The van der Waals surface area contributed by atoms with Gasteiger partial charge in [0.05, 0.1) is 19.4 Å². The highest BCUT2D eigenvalue weighted by atomic mass is 16.5. The third-order valence-electron chi connectivity index (χ3n) is 12.1. The van der Waals surface area contributed by atoms with Crippen molar-refractivity contribution in [2.24, 2.45) is 52.3 Å². The maximum atomic E-state index is 12.5. The maximum absolute atomic E-state index is 12.5. The van der Waals surface area contributed by atoms with Crippen molar-refractivity contribution in [1.29, 1.82) is 0 Å². The average molecular weight is 575 g/mol. The lowest BCUT2D eigenvalue weighted by Crippen LogP contribution is -2.53. The van der Waals surface area contributed by atoms with Gasteiger partial charge in [-0.2, -0.15) is 0 Å². The largest absolute Gasteiger partial charge is 0.463 e. The Balaban J connectivity index is 1.35. The number of fused-ring (bicyclic) bond motifs is 5. The van der Waals surface area contributed by atoms with Gasteiger partial charge < -0.3 is 19.7 Å². The molecule has 3 saturated carbocycles. The number of aliphatic hydroxyl groups is 2. The van der Waals surface area contributed by atoms with Crippen LogP contribution >= 0.6 is 0 Å². The van der Waals surface area contributed by atoms with Crippen molar-refractivity contribution in [3.8, 4) is 0 Å². The Bertz CT molecular complexity index is 943. The maximum Gasteiger partial charge on any atom is 0.306 e. The Morgan fingerprint density at radius 2 is 1.73 bits per heavy atom. The van der Waals surface area contributed by atoms with E-state index in [0.29, 0.717) is 17.3 Å². The number of hydrogen-bond donors (Lipinski definition) is 2. The SMILES string of the molecule is CC(C)CCCC(C)C1CCC2C3C(C)C=C4CC(OC(=O)CCC(=O)OCC(O)CO)CCC4(C)C3CCC12C. The minimum absolute atomic E-state index is 0.0285. The van der Waals surface area contributed by atoms with Gasteiger partial charge in [-0.25, -0.2) is 0 Å². The predicted molar refractivity (Wildman–Crippen MR) is 161 cm³/mol. The molecule has 0 bridgehead atoms. The van der Waals surface area contributed by atoms with Gasteiger partial charge in [0, 0.05) is 6.42 Å². The molecule has 41 heavy (non-hydrogen) atoms. The van der Waals surface area contributed by atoms with Gasteiger partial charge in [0.1, 0.15) is 18.8 Å². The fourth-order valence-corrected chi connectivity index (χ4v) is 9.87. The highest BCUT2D eigenvalue weighted by molar-refractivity contribution is 5.77. The van der Waals surface area contributed by atoms with Gasteiger partial charge in [0.15, 0.2) is 0 Å². The van der Waals surface area contributed by atoms with Crippen LogP contribution in [0.5, 0.6) is 0 Å². The summed E-state index contributed by atoms with van der Waals surface area (Å²) in [4.78, 5) is 24.4. The first-order valence-electron chi connectivity index (χ1n) is 16.7. The first-order valence-corrected chi connectivity index (χ1v) is 16.7. The third kappa shape index (κ3) is 7.06. The second-order valence-electron chi connectivity index (χ2n) is 15.2. The van der Waals surface area contributed by atoms with Gasteiger partial charge in [0.2, 0.25) is 0 Å². The molecule has 0 spiro atoms. The summed E-state index contributed by atoms with van der Waals surface area (Å²) in [6.45, 7) is 14.1. The fraction of sp³-hybridized carbons (Fsp3) is 0.886. The van der Waals surface area contributed by atoms with Gasteiger partial charge in [-0.1, -0.05) is 72.5 Å². The lowest BCUT2D eigenvalue weighted by Gasteiger charge is -2.60. The van der Waals surface area contributed by atoms with E-state index in [1.54, 1.807) is 0 Å². The number of aliphatic hydroxyl groups excluding tert-OH is 2. The number of ether oxygens (including phenoxy) is 2. The molecule has 3 fully saturated rings. The quantitative estimate of drug-likeness (QED) is 0.195. The molecule has 6 heteroatoms. The Labute approximate surface area is 249 Å². The molecule has 0 radical (unpaired) electrons. The summed E-state index contributed by atoms with van der Waals surface area (Å²) in [5.41, 5.74) is 2.16. The molecule has 4 aliphatic carbocycles. The average Bonchev–Trinajstić information content (AvgIpc) is 3.28. The van der Waals surface area contributed by atoms with Crippen molar-refractivity contribution in [1.82, 2.24) is 0 Å². The molecule has 234 valence electrons. The molecular formula is C35H58O6. The van der Waals surface area contributed by atoms with Crippen LogP contribution in [0.1, 0.15) is 119 Å². The van der Waals surface area contributed by atoms with Crippen molar-refractivity contribution in [2.45, 2.75) is 131 Å². The van der Waals surface area contributed by atoms with E-state index in [0.717, 1.165) is 48.9 Å². The Hall–Kier alpha value is -1.40. The molecule has 10 atom stereocenters. The van der Waals surface area contributed by atoms with E-state index in [1.807, 2.05) is 0 Å². The van der Waals surface area contributed by atoms with Gasteiger partial charge in [0.25, 0.3) is 0 Å². The van der Waals surface area contributed by atoms with E-state index in [4.69, 9.17) is 14.6 Å². The summed E-state index contributed by atoms with van der Waals surface area (Å²) in [5, 5.41) is 18.1.